The Morgan fingerprint density at radius 1 is 0.821 bits per heavy atom. The highest BCUT2D eigenvalue weighted by Crippen LogP contribution is 2.22. The van der Waals surface area contributed by atoms with E-state index in [4.69, 9.17) is 0 Å². The number of nitrogens with zero attached hydrogens (tertiary/aromatic N) is 2. The quantitative estimate of drug-likeness (QED) is 0.273. The number of halogens is 4. The zero-order valence-electron chi connectivity index (χ0n) is 16.1. The Morgan fingerprint density at radius 2 is 1.32 bits per heavy atom. The molecule has 0 fully saturated rings. The molecule has 0 spiro atoms. The number of aromatic nitrogens is 2. The maximum Gasteiger partial charge on any atom is 0.673 e. The molecule has 0 saturated heterocycles. The van der Waals surface area contributed by atoms with Gasteiger partial charge in [-0.1, -0.05) is 74.5 Å². The molecule has 2 atom stereocenters. The molecular weight excluding hydrogens is 367 g/mol. The zero-order valence-corrected chi connectivity index (χ0v) is 16.1. The van der Waals surface area contributed by atoms with Crippen LogP contribution in [0.3, 0.4) is 0 Å². The van der Waals surface area contributed by atoms with Gasteiger partial charge in [0.1, 0.15) is 24.5 Å². The molecule has 0 N–H and O–H groups in total. The van der Waals surface area contributed by atoms with E-state index in [9.17, 15) is 17.3 Å². The molecule has 2 nitrogen and oxygen atoms in total. The molecule has 0 aliphatic rings. The Morgan fingerprint density at radius 3 is 1.79 bits per heavy atom. The molecule has 7 heteroatoms. The van der Waals surface area contributed by atoms with Crippen molar-refractivity contribution >= 4 is 7.25 Å². The number of benzene rings is 2. The van der Waals surface area contributed by atoms with Crippen LogP contribution in [0.25, 0.3) is 0 Å². The van der Waals surface area contributed by atoms with Crippen LogP contribution in [-0.4, -0.2) is 11.8 Å². The zero-order chi connectivity index (χ0) is 20.6. The topological polar surface area (TPSA) is 8.81 Å². The van der Waals surface area contributed by atoms with E-state index in [2.05, 4.69) is 102 Å². The number of imidazole rings is 1. The lowest BCUT2D eigenvalue weighted by molar-refractivity contribution is -0.713. The SMILES string of the molecule is CC[C@@H](c1ccccc1)n1cc[n+]([C@@H](CC)c2ccccc2)c1.F[B-](F)(F)F. The Balaban J connectivity index is 0.000000500. The van der Waals surface area contributed by atoms with Gasteiger partial charge in [-0.25, -0.2) is 9.13 Å². The standard InChI is InChI=1S/C21H25N2.BF4/c1-3-20(18-11-7-5-8-12-18)22-15-16-23(17-22)21(4-2)19-13-9-6-10-14-19;2-1(3,4)5/h5-17,20-21H,3-4H2,1-2H3;/q+1;-1/t20-,21-;/m0./s1. The fraction of sp³-hybridized carbons (Fsp3) is 0.286. The second kappa shape index (κ2) is 10.1. The maximum absolute atomic E-state index is 9.75. The first-order valence-corrected chi connectivity index (χ1v) is 9.38. The Hall–Kier alpha value is -2.57. The van der Waals surface area contributed by atoms with E-state index in [0.717, 1.165) is 12.8 Å². The van der Waals surface area contributed by atoms with Crippen LogP contribution in [0.1, 0.15) is 49.9 Å². The highest BCUT2D eigenvalue weighted by Gasteiger charge is 2.21. The first kappa shape index (κ1) is 21.7. The van der Waals surface area contributed by atoms with Crippen LogP contribution in [0.5, 0.6) is 0 Å². The summed E-state index contributed by atoms with van der Waals surface area (Å²) in [4.78, 5) is 0. The summed E-state index contributed by atoms with van der Waals surface area (Å²) in [7, 11) is -6.00. The summed E-state index contributed by atoms with van der Waals surface area (Å²) in [6.07, 6.45) is 8.82. The van der Waals surface area contributed by atoms with Crippen LogP contribution in [0.15, 0.2) is 79.4 Å². The van der Waals surface area contributed by atoms with Gasteiger partial charge in [-0.3, -0.25) is 0 Å². The molecule has 3 rings (SSSR count). The van der Waals surface area contributed by atoms with E-state index in [1.54, 1.807) is 0 Å². The van der Waals surface area contributed by atoms with Crippen molar-refractivity contribution in [1.82, 2.24) is 4.57 Å². The second-order valence-electron chi connectivity index (χ2n) is 6.47. The predicted octanol–water partition coefficient (Wildman–Crippen LogP) is 6.07. The van der Waals surface area contributed by atoms with Crippen LogP contribution in [0.4, 0.5) is 17.3 Å². The Kier molecular flexibility index (Phi) is 7.85. The third kappa shape index (κ3) is 6.55. The van der Waals surface area contributed by atoms with Crippen molar-refractivity contribution in [2.75, 3.05) is 0 Å². The van der Waals surface area contributed by atoms with E-state index in [0.29, 0.717) is 12.1 Å². The molecule has 0 amide bonds. The number of rotatable bonds is 6. The predicted molar refractivity (Wildman–Crippen MR) is 105 cm³/mol. The first-order valence-electron chi connectivity index (χ1n) is 9.38. The summed E-state index contributed by atoms with van der Waals surface area (Å²) in [5.41, 5.74) is 2.73. The molecule has 0 aliphatic heterocycles. The fourth-order valence-electron chi connectivity index (χ4n) is 3.34. The average Bonchev–Trinajstić information content (AvgIpc) is 3.13. The lowest BCUT2D eigenvalue weighted by Crippen LogP contribution is -2.38. The fourth-order valence-corrected chi connectivity index (χ4v) is 3.34. The van der Waals surface area contributed by atoms with Crippen LogP contribution >= 0.6 is 0 Å². The van der Waals surface area contributed by atoms with Gasteiger partial charge >= 0.3 is 7.25 Å². The van der Waals surface area contributed by atoms with E-state index in [1.165, 1.54) is 11.1 Å². The molecule has 28 heavy (non-hydrogen) atoms. The molecule has 0 aliphatic carbocycles. The highest BCUT2D eigenvalue weighted by molar-refractivity contribution is 6.50. The van der Waals surface area contributed by atoms with Crippen LogP contribution in [0, 0.1) is 0 Å². The van der Waals surface area contributed by atoms with Gasteiger partial charge in [0.15, 0.2) is 0 Å². The minimum absolute atomic E-state index is 0.394. The smallest absolute Gasteiger partial charge is 0.418 e. The molecular formula is C21H25BF4N2. The minimum Gasteiger partial charge on any atom is -0.418 e. The van der Waals surface area contributed by atoms with Gasteiger partial charge in [0.25, 0.3) is 0 Å². The Labute approximate surface area is 163 Å². The van der Waals surface area contributed by atoms with Gasteiger partial charge in [0, 0.05) is 0 Å². The van der Waals surface area contributed by atoms with Crippen molar-refractivity contribution in [2.24, 2.45) is 0 Å². The van der Waals surface area contributed by atoms with Crippen molar-refractivity contribution in [3.8, 4) is 0 Å². The summed E-state index contributed by atoms with van der Waals surface area (Å²) in [6.45, 7) is 4.49. The molecule has 0 unspecified atom stereocenters. The van der Waals surface area contributed by atoms with E-state index >= 15 is 0 Å². The second-order valence-corrected chi connectivity index (χ2v) is 6.47. The summed E-state index contributed by atoms with van der Waals surface area (Å²) in [6, 6.07) is 22.3. The van der Waals surface area contributed by atoms with E-state index in [-0.39, 0.29) is 0 Å². The molecule has 1 aromatic heterocycles. The lowest BCUT2D eigenvalue weighted by atomic mass is 10.0. The maximum atomic E-state index is 9.75. The van der Waals surface area contributed by atoms with E-state index < -0.39 is 7.25 Å². The lowest BCUT2D eigenvalue weighted by Gasteiger charge is -2.13. The van der Waals surface area contributed by atoms with Gasteiger partial charge in [0.2, 0.25) is 6.33 Å². The molecule has 150 valence electrons. The summed E-state index contributed by atoms with van der Waals surface area (Å²) < 4.78 is 43.7. The van der Waals surface area contributed by atoms with E-state index in [1.807, 2.05) is 0 Å². The highest BCUT2D eigenvalue weighted by atomic mass is 19.5. The van der Waals surface area contributed by atoms with Gasteiger partial charge in [-0.15, -0.1) is 0 Å². The van der Waals surface area contributed by atoms with Crippen LogP contribution in [-0.2, 0) is 0 Å². The van der Waals surface area contributed by atoms with Gasteiger partial charge < -0.3 is 17.3 Å². The number of hydrogen-bond acceptors (Lipinski definition) is 0. The molecule has 0 bridgehead atoms. The third-order valence-corrected chi connectivity index (χ3v) is 4.54. The summed E-state index contributed by atoms with van der Waals surface area (Å²) in [5.74, 6) is 0. The monoisotopic (exact) mass is 392 g/mol. The molecule has 1 heterocycles. The van der Waals surface area contributed by atoms with Gasteiger partial charge in [0.05, 0.1) is 0 Å². The van der Waals surface area contributed by atoms with Crippen LogP contribution < -0.4 is 4.57 Å². The largest absolute Gasteiger partial charge is 0.673 e. The van der Waals surface area contributed by atoms with Crippen LogP contribution in [0.2, 0.25) is 0 Å². The van der Waals surface area contributed by atoms with Crippen molar-refractivity contribution in [3.05, 3.63) is 90.5 Å². The Bertz CT molecular complexity index is 751. The molecule has 2 aromatic carbocycles. The molecule has 0 radical (unpaired) electrons. The van der Waals surface area contributed by atoms with Crippen molar-refractivity contribution in [3.63, 3.8) is 0 Å². The van der Waals surface area contributed by atoms with Crippen molar-refractivity contribution in [2.45, 2.75) is 38.8 Å². The van der Waals surface area contributed by atoms with Crippen molar-refractivity contribution < 1.29 is 21.8 Å². The minimum atomic E-state index is -6.00. The first-order chi connectivity index (χ1) is 13.3. The summed E-state index contributed by atoms with van der Waals surface area (Å²) in [5, 5.41) is 0. The number of hydrogen-bond donors (Lipinski definition) is 0. The molecule has 3 aromatic rings. The van der Waals surface area contributed by atoms with Crippen molar-refractivity contribution in [1.29, 1.82) is 0 Å². The average molecular weight is 392 g/mol. The van der Waals surface area contributed by atoms with Gasteiger partial charge in [-0.2, -0.15) is 0 Å². The molecule has 0 saturated carbocycles. The van der Waals surface area contributed by atoms with Gasteiger partial charge in [-0.05, 0) is 24.0 Å². The third-order valence-electron chi connectivity index (χ3n) is 4.54. The normalized spacial score (nSPS) is 13.4. The summed E-state index contributed by atoms with van der Waals surface area (Å²) >= 11 is 0.